The molecular weight excluding hydrogens is 1760 g/mol. The summed E-state index contributed by atoms with van der Waals surface area (Å²) in [5, 5.41) is 308. The van der Waals surface area contributed by atoms with E-state index in [2.05, 4.69) is 31.9 Å². The Bertz CT molecular complexity index is 3570. The second kappa shape index (κ2) is 46.7. The highest BCUT2D eigenvalue weighted by Crippen LogP contribution is 2.41. The minimum Gasteiger partial charge on any atom is -0.394 e. The van der Waals surface area contributed by atoms with Gasteiger partial charge in [-0.1, -0.05) is 0 Å². The maximum absolute atomic E-state index is 13.2. The van der Waals surface area contributed by atoms with Gasteiger partial charge in [-0.2, -0.15) is 0 Å². The first-order chi connectivity index (χ1) is 61.0. The molecular formula is C72H120N6O51. The smallest absolute Gasteiger partial charge is 0.217 e. The van der Waals surface area contributed by atoms with Crippen molar-refractivity contribution in [3.05, 3.63) is 0 Å². The van der Waals surface area contributed by atoms with Gasteiger partial charge in [-0.15, -0.1) is 0 Å². The van der Waals surface area contributed by atoms with Crippen LogP contribution in [0.5, 0.6) is 0 Å². The zero-order chi connectivity index (χ0) is 95.1. The van der Waals surface area contributed by atoms with Gasteiger partial charge < -0.3 is 255 Å². The van der Waals surface area contributed by atoms with Crippen LogP contribution < -0.4 is 31.9 Å². The number of nitrogens with one attached hydrogen (secondary N) is 6. The van der Waals surface area contributed by atoms with Gasteiger partial charge in [0, 0.05) is 41.5 Å². The van der Waals surface area contributed by atoms with E-state index in [-0.39, 0.29) is 0 Å². The van der Waals surface area contributed by atoms with Crippen LogP contribution in [0.2, 0.25) is 0 Å². The first-order valence-corrected chi connectivity index (χ1v) is 41.1. The van der Waals surface area contributed by atoms with Crippen molar-refractivity contribution in [2.45, 2.75) is 348 Å². The molecule has 1 unspecified atom stereocenters. The number of ether oxygens (including phenoxy) is 19. The molecule has 10 fully saturated rings. The average Bonchev–Trinajstić information content (AvgIpc) is 0.750. The number of aliphatic hydroxyl groups excluding tert-OH is 26. The summed E-state index contributed by atoms with van der Waals surface area (Å²) in [7, 11) is 0. The Balaban J connectivity index is 1.06. The summed E-state index contributed by atoms with van der Waals surface area (Å²) in [6.07, 6.45) is -94.5. The van der Waals surface area contributed by atoms with E-state index in [4.69, 9.17) is 90.0 Å². The van der Waals surface area contributed by atoms with E-state index in [1.807, 2.05) is 0 Å². The monoisotopic (exact) mass is 1880 g/mol. The zero-order valence-electron chi connectivity index (χ0n) is 69.8. The van der Waals surface area contributed by atoms with E-state index in [9.17, 15) is 162 Å². The van der Waals surface area contributed by atoms with E-state index in [1.165, 1.54) is 0 Å². The molecule has 0 radical (unpaired) electrons. The molecule has 744 valence electrons. The molecule has 10 aliphatic rings. The molecule has 57 nitrogen and oxygen atoms in total. The number of carbonyl (C=O) groups is 6. The highest BCUT2D eigenvalue weighted by molar-refractivity contribution is 5.75. The summed E-state index contributed by atoms with van der Waals surface area (Å²) in [6.45, 7) is -5.67. The number of hydrogen-bond donors (Lipinski definition) is 32. The molecule has 129 heavy (non-hydrogen) atoms. The maximum Gasteiger partial charge on any atom is 0.217 e. The third kappa shape index (κ3) is 24.2. The number of rotatable bonds is 34. The van der Waals surface area contributed by atoms with E-state index < -0.39 is 408 Å². The summed E-state index contributed by atoms with van der Waals surface area (Å²) in [4.78, 5) is 76.7. The molecule has 0 aromatic carbocycles. The van der Waals surface area contributed by atoms with Gasteiger partial charge in [0.2, 0.25) is 35.4 Å². The van der Waals surface area contributed by atoms with Crippen LogP contribution in [-0.2, 0) is 119 Å². The van der Waals surface area contributed by atoms with Crippen molar-refractivity contribution >= 4 is 35.4 Å². The topological polar surface area (TPSA) is 876 Å². The third-order valence-corrected chi connectivity index (χ3v) is 23.3. The van der Waals surface area contributed by atoms with E-state index in [0.29, 0.717) is 0 Å². The molecule has 10 saturated heterocycles. The largest absolute Gasteiger partial charge is 0.394 e. The van der Waals surface area contributed by atoms with Crippen molar-refractivity contribution in [3.8, 4) is 0 Å². The Morgan fingerprint density at radius 3 is 0.829 bits per heavy atom. The highest BCUT2D eigenvalue weighted by atomic mass is 16.8. The first-order valence-electron chi connectivity index (χ1n) is 41.1. The maximum atomic E-state index is 13.2. The number of aliphatic hydroxyl groups is 26. The van der Waals surface area contributed by atoms with Gasteiger partial charge in [0.25, 0.3) is 0 Å². The fraction of sp³-hybridized carbons (Fsp3) is 0.917. The van der Waals surface area contributed by atoms with Crippen molar-refractivity contribution in [1.29, 1.82) is 0 Å². The van der Waals surface area contributed by atoms with Crippen LogP contribution in [0.25, 0.3) is 0 Å². The Morgan fingerprint density at radius 2 is 0.442 bits per heavy atom. The van der Waals surface area contributed by atoms with Gasteiger partial charge >= 0.3 is 0 Å². The van der Waals surface area contributed by atoms with Crippen LogP contribution in [0.15, 0.2) is 0 Å². The van der Waals surface area contributed by atoms with Gasteiger partial charge in [0.1, 0.15) is 244 Å². The molecule has 0 bridgehead atoms. The van der Waals surface area contributed by atoms with Crippen LogP contribution in [0.4, 0.5) is 0 Å². The Kier molecular flexibility index (Phi) is 38.4. The molecule has 6 amide bonds. The van der Waals surface area contributed by atoms with Crippen molar-refractivity contribution in [1.82, 2.24) is 31.9 Å². The van der Waals surface area contributed by atoms with E-state index in [1.54, 1.807) is 0 Å². The summed E-state index contributed by atoms with van der Waals surface area (Å²) < 4.78 is 115. The average molecular weight is 1890 g/mol. The second-order valence-corrected chi connectivity index (χ2v) is 32.5. The van der Waals surface area contributed by atoms with Crippen LogP contribution in [0.1, 0.15) is 41.5 Å². The summed E-state index contributed by atoms with van der Waals surface area (Å²) in [6, 6.07) is -11.2. The Labute approximate surface area is 731 Å². The predicted octanol–water partition coefficient (Wildman–Crippen LogP) is -21.9. The molecule has 32 N–H and O–H groups in total. The van der Waals surface area contributed by atoms with Crippen molar-refractivity contribution in [2.24, 2.45) is 0 Å². The van der Waals surface area contributed by atoms with Crippen molar-refractivity contribution in [3.63, 3.8) is 0 Å². The molecule has 0 aliphatic carbocycles. The zero-order valence-corrected chi connectivity index (χ0v) is 69.8. The highest BCUT2D eigenvalue weighted by Gasteiger charge is 2.62. The lowest BCUT2D eigenvalue weighted by atomic mass is 9.93. The number of hydrogen-bond acceptors (Lipinski definition) is 51. The van der Waals surface area contributed by atoms with Gasteiger partial charge in [-0.05, 0) is 0 Å². The van der Waals surface area contributed by atoms with Crippen LogP contribution >= 0.6 is 0 Å². The van der Waals surface area contributed by atoms with Crippen molar-refractivity contribution in [2.75, 3.05) is 66.1 Å². The summed E-state index contributed by atoms with van der Waals surface area (Å²) >= 11 is 0. The Hall–Kier alpha value is -4.98. The quantitative estimate of drug-likeness (QED) is 0.0284. The van der Waals surface area contributed by atoms with Gasteiger partial charge in [0.05, 0.1) is 66.1 Å². The normalized spacial score (nSPS) is 47.5. The lowest BCUT2D eigenvalue weighted by Crippen LogP contribution is -2.71. The third-order valence-electron chi connectivity index (χ3n) is 23.3. The first kappa shape index (κ1) is 106. The lowest BCUT2D eigenvalue weighted by Gasteiger charge is -2.52. The molecule has 10 heterocycles. The fourth-order valence-corrected chi connectivity index (χ4v) is 16.6. The van der Waals surface area contributed by atoms with Crippen molar-refractivity contribution < 1.29 is 252 Å². The van der Waals surface area contributed by atoms with Crippen LogP contribution in [0.3, 0.4) is 0 Å². The summed E-state index contributed by atoms with van der Waals surface area (Å²) in [5.41, 5.74) is 0. The van der Waals surface area contributed by atoms with Gasteiger partial charge in [-0.3, -0.25) is 28.8 Å². The van der Waals surface area contributed by atoms with Gasteiger partial charge in [0.15, 0.2) is 62.9 Å². The standard InChI is InChI=1S/C72H120N6O51/c1-17(87)73-33-48(102)56(27(11-83)113-63(33)110)123-67-37(77-21(5)91)49(103)58(29(13-85)118-67)126-70-55(109)60(127-72-62(129-66-36(76-20(4)90)47(101)41(95)25(9-81)116-66)54(108)59(30(14-86)120-72)124-65-35(75-19(3)89)46(100)40(94)24(8-80)115-65)44(98)32(121-70)16-112-71-61(52(106)43(97)31(122-71)15-111-64-34(74-18(2)88)45(99)39(93)23(7-79)114-64)128-68-38(78-22(6)92)50(104)57(28(12-84)119-68)125-69-53(107)51(105)42(96)26(10-82)117-69/h23-72,79-86,93-110H,7-16H2,1-6H3,(H,73,87)(H,74,88)(H,75,89)(H,76,90)(H,77,91)(H,78,92)/t23-,24-,25-,26-,27-,28-,29-,30-,31-,32-,33-,34-,35-,36-,37-,38-,39-,40-,41-,42+,43-,44-,45-,46-,47-,48-,49-,50-,51+,52+,53-,54+,55+,56-,57-,58-,59-,60+,61+,62+,63?,64-,65+,66+,67+,68+,69+,70+,71+,72-/m1/s1. The number of amides is 6. The fourth-order valence-electron chi connectivity index (χ4n) is 16.6. The number of carbonyl (C=O) groups excluding carboxylic acids is 6. The molecule has 10 rings (SSSR count). The molecule has 50 atom stereocenters. The molecule has 0 aromatic rings. The van der Waals surface area contributed by atoms with Crippen LogP contribution in [0, 0.1) is 0 Å². The molecule has 57 heteroatoms. The van der Waals surface area contributed by atoms with E-state index >= 15 is 0 Å². The van der Waals surface area contributed by atoms with Gasteiger partial charge in [-0.25, -0.2) is 0 Å². The lowest BCUT2D eigenvalue weighted by molar-refractivity contribution is -0.403. The van der Waals surface area contributed by atoms with Crippen LogP contribution in [-0.4, -0.2) is 541 Å². The second-order valence-electron chi connectivity index (χ2n) is 32.5. The van der Waals surface area contributed by atoms with E-state index in [0.717, 1.165) is 41.5 Å². The minimum atomic E-state index is -2.70. The molecule has 0 spiro atoms. The molecule has 10 aliphatic heterocycles. The minimum absolute atomic E-state index is 0.819. The Morgan fingerprint density at radius 1 is 0.202 bits per heavy atom. The summed E-state index contributed by atoms with van der Waals surface area (Å²) in [5.74, 6) is -5.51. The molecule has 0 aromatic heterocycles. The predicted molar refractivity (Wildman–Crippen MR) is 399 cm³/mol. The SMILES string of the molecule is CC(=O)N[C@H]1[C@H](O[C@H]2[C@H](O)[C@@H](NC(C)=O)C(O)O[C@@H]2CO)O[C@H](CO)[C@@H](O[C@@H]2O[C@H](CO[C@H]3O[C@H](CO[C@@H]4O[C@H](CO)[C@@H](O)[C@H](O)[C@H]4NC(C)=O)[C@@H](O)[C@H](O)[C@@H]3O[C@@H]3O[C@H](CO)[C@@H](O[C@@H]4O[C@H](CO)[C@H](O)[C@H](O)[C@H]4O)[C@H](O)[C@H]3NC(C)=O)[C@@H](O)[C@H](O[C@H]3O[C@H](CO)[C@@H](O[C@@H]4O[C@H](CO)[C@@H](O)[C@H](O)[C@H]4NC(C)=O)[C@H](O)[C@@H]3O[C@@H]3O[C@H](CO)[C@@H](O)[C@H](O)[C@H]3NC(C)=O)[C@@H]2O)[C@@H]1O. The molecule has 0 saturated carbocycles.